The molecule has 0 radical (unpaired) electrons. The van der Waals surface area contributed by atoms with Gasteiger partial charge in [0.25, 0.3) is 5.78 Å². The highest BCUT2D eigenvalue weighted by Crippen LogP contribution is 2.28. The molecule has 196 valence electrons. The molecule has 1 heterocycles. The first-order valence-corrected chi connectivity index (χ1v) is 12.0. The van der Waals surface area contributed by atoms with E-state index in [1.54, 1.807) is 49.6 Å². The van der Waals surface area contributed by atoms with Gasteiger partial charge in [-0.15, -0.1) is 0 Å². The average molecular weight is 509 g/mol. The van der Waals surface area contributed by atoms with Crippen LogP contribution in [-0.4, -0.2) is 52.7 Å². The highest BCUT2D eigenvalue weighted by molar-refractivity contribution is 6.41. The number of methoxy groups -OCH3 is 1. The van der Waals surface area contributed by atoms with Crippen LogP contribution in [0.1, 0.15) is 65.6 Å². The second-order valence-electron chi connectivity index (χ2n) is 8.79. The van der Waals surface area contributed by atoms with Gasteiger partial charge in [-0.3, -0.25) is 4.79 Å². The van der Waals surface area contributed by atoms with Crippen molar-refractivity contribution in [3.05, 3.63) is 76.9 Å². The zero-order chi connectivity index (χ0) is 27.2. The first kappa shape index (κ1) is 27.8. The number of carbonyl (C=O) groups excluding carboxylic acids is 3. The zero-order valence-electron chi connectivity index (χ0n) is 21.7. The van der Waals surface area contributed by atoms with Gasteiger partial charge in [0.2, 0.25) is 0 Å². The number of aliphatic hydroxyl groups is 1. The van der Waals surface area contributed by atoms with Gasteiger partial charge < -0.3 is 23.9 Å². The third kappa shape index (κ3) is 6.31. The van der Waals surface area contributed by atoms with Gasteiger partial charge in [-0.2, -0.15) is 0 Å². The minimum absolute atomic E-state index is 0.153. The van der Waals surface area contributed by atoms with Gasteiger partial charge >= 0.3 is 11.9 Å². The van der Waals surface area contributed by atoms with Gasteiger partial charge in [-0.25, -0.2) is 14.6 Å². The second kappa shape index (κ2) is 11.9. The molecular formula is C28H32N2O7. The molecule has 0 bridgehead atoms. The Morgan fingerprint density at radius 3 is 2.27 bits per heavy atom. The van der Waals surface area contributed by atoms with Gasteiger partial charge in [-0.05, 0) is 44.4 Å². The van der Waals surface area contributed by atoms with Crippen LogP contribution in [0.15, 0.2) is 48.5 Å². The molecule has 9 heteroatoms. The molecule has 3 rings (SSSR count). The van der Waals surface area contributed by atoms with Crippen molar-refractivity contribution < 1.29 is 33.7 Å². The van der Waals surface area contributed by atoms with Gasteiger partial charge in [0.1, 0.15) is 23.7 Å². The molecule has 0 unspecified atom stereocenters. The Morgan fingerprint density at radius 2 is 1.68 bits per heavy atom. The Hall–Kier alpha value is -3.82. The largest absolute Gasteiger partial charge is 0.463 e. The summed E-state index contributed by atoms with van der Waals surface area (Å²) in [6.45, 7) is 7.75. The van der Waals surface area contributed by atoms with E-state index in [-0.39, 0.29) is 36.7 Å². The van der Waals surface area contributed by atoms with Crippen molar-refractivity contribution in [2.75, 3.05) is 20.3 Å². The lowest BCUT2D eigenvalue weighted by atomic mass is 9.96. The van der Waals surface area contributed by atoms with E-state index in [1.807, 2.05) is 31.2 Å². The van der Waals surface area contributed by atoms with Crippen LogP contribution in [0.3, 0.4) is 0 Å². The molecule has 0 aliphatic rings. The summed E-state index contributed by atoms with van der Waals surface area (Å²) in [5, 5.41) is 10.7. The summed E-state index contributed by atoms with van der Waals surface area (Å²) in [7, 11) is 1.17. The Balaban J connectivity index is 2.02. The predicted molar refractivity (Wildman–Crippen MR) is 136 cm³/mol. The topological polar surface area (TPSA) is 117 Å². The van der Waals surface area contributed by atoms with Crippen LogP contribution in [0.4, 0.5) is 0 Å². The number of hydrogen-bond donors (Lipinski definition) is 1. The van der Waals surface area contributed by atoms with Crippen molar-refractivity contribution in [3.63, 3.8) is 0 Å². The van der Waals surface area contributed by atoms with E-state index in [0.717, 1.165) is 11.1 Å². The number of Topliss-reactive ketones (excluding diaryl/α,β-unsaturated/α-hetero) is 1. The summed E-state index contributed by atoms with van der Waals surface area (Å²) in [5.74, 6) is -1.75. The van der Waals surface area contributed by atoms with Crippen LogP contribution in [-0.2, 0) is 37.8 Å². The van der Waals surface area contributed by atoms with Crippen LogP contribution < -0.4 is 0 Å². The number of ketones is 1. The van der Waals surface area contributed by atoms with E-state index in [9.17, 15) is 19.5 Å². The van der Waals surface area contributed by atoms with Crippen LogP contribution >= 0.6 is 0 Å². The maximum Gasteiger partial charge on any atom is 0.379 e. The monoisotopic (exact) mass is 508 g/mol. The van der Waals surface area contributed by atoms with Crippen molar-refractivity contribution in [2.24, 2.45) is 0 Å². The molecule has 2 aromatic carbocycles. The normalized spacial score (nSPS) is 11.3. The SMILES string of the molecule is CCOCc1nc(C(C)(C)O)c(C(=O)OCC)n1Cc1ccc(-c2ccccc2C(=O)C(=O)OC)cc1. The number of esters is 2. The molecule has 0 saturated carbocycles. The van der Waals surface area contributed by atoms with Gasteiger partial charge in [-0.1, -0.05) is 48.5 Å². The fourth-order valence-electron chi connectivity index (χ4n) is 3.91. The molecule has 0 fully saturated rings. The average Bonchev–Trinajstić information content (AvgIpc) is 3.25. The fraction of sp³-hybridized carbons (Fsp3) is 0.357. The number of benzene rings is 2. The minimum atomic E-state index is -1.38. The number of ether oxygens (including phenoxy) is 3. The van der Waals surface area contributed by atoms with Crippen molar-refractivity contribution in [1.29, 1.82) is 0 Å². The first-order valence-electron chi connectivity index (χ1n) is 12.0. The van der Waals surface area contributed by atoms with E-state index in [2.05, 4.69) is 9.72 Å². The summed E-state index contributed by atoms with van der Waals surface area (Å²) in [6.07, 6.45) is 0. The molecule has 1 N–H and O–H groups in total. The van der Waals surface area contributed by atoms with E-state index in [0.29, 0.717) is 18.0 Å². The highest BCUT2D eigenvalue weighted by Gasteiger charge is 2.32. The third-order valence-electron chi connectivity index (χ3n) is 5.68. The Bertz CT molecular complexity index is 1270. The fourth-order valence-corrected chi connectivity index (χ4v) is 3.91. The number of imidazole rings is 1. The van der Waals surface area contributed by atoms with Crippen LogP contribution in [0.5, 0.6) is 0 Å². The smallest absolute Gasteiger partial charge is 0.379 e. The lowest BCUT2D eigenvalue weighted by Crippen LogP contribution is -2.23. The molecule has 0 aliphatic carbocycles. The highest BCUT2D eigenvalue weighted by atomic mass is 16.5. The molecule has 1 aromatic heterocycles. The van der Waals surface area contributed by atoms with Crippen molar-refractivity contribution in [2.45, 2.75) is 46.4 Å². The standard InChI is InChI=1S/C28H32N2O7/c1-6-36-17-22-29-25(28(3,4)34)23(26(32)37-7-2)30(22)16-18-12-14-19(15-13-18)20-10-8-9-11-21(20)24(31)27(33)35-5/h8-15,34H,6-7,16-17H2,1-5H3. The van der Waals surface area contributed by atoms with Crippen molar-refractivity contribution in [3.8, 4) is 11.1 Å². The van der Waals surface area contributed by atoms with Gasteiger partial charge in [0, 0.05) is 18.7 Å². The summed E-state index contributed by atoms with van der Waals surface area (Å²) >= 11 is 0. The van der Waals surface area contributed by atoms with Crippen LogP contribution in [0, 0.1) is 0 Å². The summed E-state index contributed by atoms with van der Waals surface area (Å²) in [4.78, 5) is 41.8. The van der Waals surface area contributed by atoms with Crippen molar-refractivity contribution in [1.82, 2.24) is 9.55 Å². The maximum absolute atomic E-state index is 12.9. The molecule has 3 aromatic rings. The Labute approximate surface area is 216 Å². The lowest BCUT2D eigenvalue weighted by Gasteiger charge is -2.17. The number of rotatable bonds is 11. The third-order valence-corrected chi connectivity index (χ3v) is 5.68. The van der Waals surface area contributed by atoms with Crippen LogP contribution in [0.2, 0.25) is 0 Å². The molecule has 0 saturated heterocycles. The molecular weight excluding hydrogens is 476 g/mol. The molecule has 9 nitrogen and oxygen atoms in total. The van der Waals surface area contributed by atoms with E-state index in [4.69, 9.17) is 9.47 Å². The number of hydrogen-bond acceptors (Lipinski definition) is 8. The number of nitrogens with zero attached hydrogens (tertiary/aromatic N) is 2. The number of carbonyl (C=O) groups is 3. The first-order chi connectivity index (χ1) is 17.6. The van der Waals surface area contributed by atoms with Gasteiger partial charge in [0.15, 0.2) is 5.69 Å². The Kier molecular flexibility index (Phi) is 8.96. The quantitative estimate of drug-likeness (QED) is 0.236. The molecule has 37 heavy (non-hydrogen) atoms. The molecule has 0 aliphatic heterocycles. The molecule has 0 amide bonds. The predicted octanol–water partition coefficient (Wildman–Crippen LogP) is 3.89. The lowest BCUT2D eigenvalue weighted by molar-refractivity contribution is -0.135. The summed E-state index contributed by atoms with van der Waals surface area (Å²) in [5.41, 5.74) is 1.42. The van der Waals surface area contributed by atoms with Crippen molar-refractivity contribution >= 4 is 17.7 Å². The molecule has 0 atom stereocenters. The van der Waals surface area contributed by atoms with E-state index >= 15 is 0 Å². The molecule has 0 spiro atoms. The van der Waals surface area contributed by atoms with Gasteiger partial charge in [0.05, 0.1) is 13.7 Å². The summed E-state index contributed by atoms with van der Waals surface area (Å²) in [6, 6.07) is 14.2. The Morgan fingerprint density at radius 1 is 1.00 bits per heavy atom. The summed E-state index contributed by atoms with van der Waals surface area (Å²) < 4.78 is 17.1. The zero-order valence-corrected chi connectivity index (χ0v) is 21.7. The van der Waals surface area contributed by atoms with E-state index in [1.165, 1.54) is 7.11 Å². The number of aromatic nitrogens is 2. The van der Waals surface area contributed by atoms with Crippen LogP contribution in [0.25, 0.3) is 11.1 Å². The second-order valence-corrected chi connectivity index (χ2v) is 8.79. The minimum Gasteiger partial charge on any atom is -0.463 e. The maximum atomic E-state index is 12.9. The van der Waals surface area contributed by atoms with E-state index < -0.39 is 23.3 Å².